The number of fused-ring (bicyclic) bond motifs is 1. The van der Waals surface area contributed by atoms with Crippen LogP contribution in [0.3, 0.4) is 0 Å². The average Bonchev–Trinajstić information content (AvgIpc) is 3.34. The molecule has 9 heteroatoms. The van der Waals surface area contributed by atoms with Crippen molar-refractivity contribution in [3.8, 4) is 17.2 Å². The summed E-state index contributed by atoms with van der Waals surface area (Å²) in [4.78, 5) is 16.9. The van der Waals surface area contributed by atoms with Crippen LogP contribution in [0.5, 0.6) is 17.2 Å². The smallest absolute Gasteiger partial charge is 0.283 e. The third-order valence-corrected chi connectivity index (χ3v) is 6.58. The Balaban J connectivity index is 1.22. The third-order valence-electron chi connectivity index (χ3n) is 5.62. The molecule has 3 aromatic rings. The number of thioether (sulfide) groups is 1. The predicted octanol–water partition coefficient (Wildman–Crippen LogP) is 5.13. The van der Waals surface area contributed by atoms with Gasteiger partial charge in [0.1, 0.15) is 24.0 Å². The SMILES string of the molecule is COc1ccccc1OCCOc1ccc(/C=C2\C(=N)N3N=C(c4ccc(C)cc4)SC3=NC2=O)cc1. The highest BCUT2D eigenvalue weighted by Gasteiger charge is 2.36. The molecule has 0 unspecified atom stereocenters. The zero-order valence-corrected chi connectivity index (χ0v) is 21.1. The number of amidine groups is 2. The van der Waals surface area contributed by atoms with Crippen LogP contribution in [0.25, 0.3) is 6.08 Å². The summed E-state index contributed by atoms with van der Waals surface area (Å²) in [6.07, 6.45) is 1.64. The Hall–Kier alpha value is -4.37. The van der Waals surface area contributed by atoms with Gasteiger partial charge in [0, 0.05) is 5.56 Å². The van der Waals surface area contributed by atoms with Crippen LogP contribution < -0.4 is 14.2 Å². The predicted molar refractivity (Wildman–Crippen MR) is 146 cm³/mol. The maximum Gasteiger partial charge on any atom is 0.283 e. The summed E-state index contributed by atoms with van der Waals surface area (Å²) in [7, 11) is 1.60. The molecule has 0 aliphatic carbocycles. The summed E-state index contributed by atoms with van der Waals surface area (Å²) in [5.41, 5.74) is 2.99. The second-order valence-corrected chi connectivity index (χ2v) is 9.16. The highest BCUT2D eigenvalue weighted by atomic mass is 32.2. The molecular weight excluding hydrogens is 488 g/mol. The van der Waals surface area contributed by atoms with E-state index < -0.39 is 5.91 Å². The number of benzene rings is 3. The number of ether oxygens (including phenoxy) is 3. The molecule has 0 saturated heterocycles. The molecule has 0 aromatic heterocycles. The van der Waals surface area contributed by atoms with Crippen LogP contribution in [-0.4, -0.2) is 47.3 Å². The Morgan fingerprint density at radius 2 is 1.65 bits per heavy atom. The van der Waals surface area contributed by atoms with Gasteiger partial charge in [-0.15, -0.1) is 0 Å². The molecule has 0 fully saturated rings. The molecule has 186 valence electrons. The van der Waals surface area contributed by atoms with E-state index in [1.165, 1.54) is 16.8 Å². The van der Waals surface area contributed by atoms with Crippen molar-refractivity contribution in [2.24, 2.45) is 10.1 Å². The number of hydrazone groups is 1. The van der Waals surface area contributed by atoms with Crippen molar-refractivity contribution in [1.82, 2.24) is 5.01 Å². The first-order chi connectivity index (χ1) is 18.0. The summed E-state index contributed by atoms with van der Waals surface area (Å²) < 4.78 is 16.8. The topological polar surface area (TPSA) is 96.6 Å². The lowest BCUT2D eigenvalue weighted by Gasteiger charge is -2.20. The van der Waals surface area contributed by atoms with Crippen molar-refractivity contribution in [2.45, 2.75) is 6.92 Å². The minimum absolute atomic E-state index is 0.00146. The number of carbonyl (C=O) groups excluding carboxylic acids is 1. The number of aliphatic imine (C=N–C) groups is 1. The Morgan fingerprint density at radius 1 is 0.946 bits per heavy atom. The van der Waals surface area contributed by atoms with E-state index in [4.69, 9.17) is 19.6 Å². The van der Waals surface area contributed by atoms with E-state index >= 15 is 0 Å². The molecule has 1 N–H and O–H groups in total. The van der Waals surface area contributed by atoms with Crippen molar-refractivity contribution in [1.29, 1.82) is 5.41 Å². The summed E-state index contributed by atoms with van der Waals surface area (Å²) in [6.45, 7) is 2.73. The highest BCUT2D eigenvalue weighted by molar-refractivity contribution is 8.27. The molecule has 8 nitrogen and oxygen atoms in total. The van der Waals surface area contributed by atoms with Gasteiger partial charge in [0.05, 0.1) is 12.7 Å². The van der Waals surface area contributed by atoms with Crippen molar-refractivity contribution < 1.29 is 19.0 Å². The third kappa shape index (κ3) is 5.41. The minimum Gasteiger partial charge on any atom is -0.493 e. The van der Waals surface area contributed by atoms with Crippen molar-refractivity contribution in [3.05, 3.63) is 95.1 Å². The van der Waals surface area contributed by atoms with Gasteiger partial charge in [-0.05, 0) is 54.6 Å². The Kier molecular flexibility index (Phi) is 7.04. The molecule has 0 radical (unpaired) electrons. The van der Waals surface area contributed by atoms with E-state index in [1.807, 2.05) is 67.6 Å². The standard InChI is InChI=1S/C28H24N4O4S/c1-18-7-11-20(12-8-18)27-31-32-25(29)22(26(33)30-28(32)37-27)17-19-9-13-21(14-10-19)35-15-16-36-24-6-4-3-5-23(24)34-2/h3-14,17,29H,15-16H2,1-2H3/b22-17+,29-25?. The van der Waals surface area contributed by atoms with Crippen LogP contribution >= 0.6 is 11.8 Å². The Bertz CT molecular complexity index is 1430. The minimum atomic E-state index is -0.460. The lowest BCUT2D eigenvalue weighted by atomic mass is 10.1. The molecule has 2 aliphatic rings. The van der Waals surface area contributed by atoms with Crippen LogP contribution in [-0.2, 0) is 4.79 Å². The van der Waals surface area contributed by atoms with Gasteiger partial charge in [0.25, 0.3) is 5.91 Å². The Labute approximate surface area is 218 Å². The summed E-state index contributed by atoms with van der Waals surface area (Å²) in [5, 5.41) is 15.6. The van der Waals surface area contributed by atoms with E-state index in [-0.39, 0.29) is 11.4 Å². The van der Waals surface area contributed by atoms with Gasteiger partial charge in [-0.2, -0.15) is 15.1 Å². The largest absolute Gasteiger partial charge is 0.493 e. The van der Waals surface area contributed by atoms with Crippen LogP contribution in [0.1, 0.15) is 16.7 Å². The van der Waals surface area contributed by atoms with Crippen LogP contribution in [0, 0.1) is 12.3 Å². The number of hydrogen-bond donors (Lipinski definition) is 1. The first-order valence-corrected chi connectivity index (χ1v) is 12.4. The zero-order valence-electron chi connectivity index (χ0n) is 20.3. The van der Waals surface area contributed by atoms with Gasteiger partial charge in [0.15, 0.2) is 17.3 Å². The number of para-hydroxylation sites is 2. The summed E-state index contributed by atoms with van der Waals surface area (Å²) in [6, 6.07) is 22.6. The number of nitrogens with one attached hydrogen (secondary N) is 1. The van der Waals surface area contributed by atoms with Crippen LogP contribution in [0.2, 0.25) is 0 Å². The maximum atomic E-state index is 12.7. The van der Waals surface area contributed by atoms with Crippen molar-refractivity contribution in [3.63, 3.8) is 0 Å². The normalized spacial score (nSPS) is 15.8. The van der Waals surface area contributed by atoms with E-state index in [0.29, 0.717) is 40.7 Å². The first kappa shape index (κ1) is 24.3. The fourth-order valence-corrected chi connectivity index (χ4v) is 4.58. The molecule has 1 amide bonds. The van der Waals surface area contributed by atoms with Gasteiger partial charge < -0.3 is 14.2 Å². The van der Waals surface area contributed by atoms with E-state index in [2.05, 4.69) is 10.1 Å². The quantitative estimate of drug-likeness (QED) is 0.332. The van der Waals surface area contributed by atoms with E-state index in [1.54, 1.807) is 25.3 Å². The molecule has 0 saturated carbocycles. The van der Waals surface area contributed by atoms with Gasteiger partial charge >= 0.3 is 0 Å². The lowest BCUT2D eigenvalue weighted by molar-refractivity contribution is -0.114. The second kappa shape index (κ2) is 10.7. The van der Waals surface area contributed by atoms with Crippen molar-refractivity contribution >= 4 is 39.8 Å². The molecule has 0 spiro atoms. The fourth-order valence-electron chi connectivity index (χ4n) is 3.68. The lowest BCUT2D eigenvalue weighted by Crippen LogP contribution is -2.35. The number of aryl methyl sites for hydroxylation is 1. The molecule has 2 aliphatic heterocycles. The van der Waals surface area contributed by atoms with Gasteiger partial charge in [-0.1, -0.05) is 54.1 Å². The zero-order chi connectivity index (χ0) is 25.8. The molecular formula is C28H24N4O4S. The van der Waals surface area contributed by atoms with Crippen molar-refractivity contribution in [2.75, 3.05) is 20.3 Å². The van der Waals surface area contributed by atoms with Gasteiger partial charge in [0.2, 0.25) is 5.17 Å². The first-order valence-electron chi connectivity index (χ1n) is 11.6. The number of amides is 1. The van der Waals surface area contributed by atoms with Gasteiger partial charge in [-0.25, -0.2) is 0 Å². The molecule has 37 heavy (non-hydrogen) atoms. The van der Waals surface area contributed by atoms with E-state index in [9.17, 15) is 4.79 Å². The second-order valence-electron chi connectivity index (χ2n) is 8.21. The maximum absolute atomic E-state index is 12.7. The number of nitrogens with zero attached hydrogens (tertiary/aromatic N) is 3. The fraction of sp³-hybridized carbons (Fsp3) is 0.143. The summed E-state index contributed by atoms with van der Waals surface area (Å²) in [5.74, 6) is 1.53. The molecule has 0 bridgehead atoms. The number of rotatable bonds is 8. The average molecular weight is 513 g/mol. The molecule has 5 rings (SSSR count). The monoisotopic (exact) mass is 512 g/mol. The highest BCUT2D eigenvalue weighted by Crippen LogP contribution is 2.31. The van der Waals surface area contributed by atoms with Crippen LogP contribution in [0.15, 0.2) is 88.5 Å². The Morgan fingerprint density at radius 3 is 2.38 bits per heavy atom. The molecule has 2 heterocycles. The van der Waals surface area contributed by atoms with E-state index in [0.717, 1.165) is 16.7 Å². The molecule has 3 aromatic carbocycles. The molecule has 0 atom stereocenters. The number of methoxy groups -OCH3 is 1. The van der Waals surface area contributed by atoms with Gasteiger partial charge in [-0.3, -0.25) is 10.2 Å². The number of carbonyl (C=O) groups is 1. The summed E-state index contributed by atoms with van der Waals surface area (Å²) >= 11 is 1.28. The van der Waals surface area contributed by atoms with Crippen LogP contribution in [0.4, 0.5) is 0 Å². The number of hydrogen-bond acceptors (Lipinski definition) is 7.